The lowest BCUT2D eigenvalue weighted by atomic mass is 9.33. The van der Waals surface area contributed by atoms with E-state index in [-0.39, 0.29) is 28.4 Å². The SMILES string of the molecule is CCCCCCc1cc2c3c(c1)N(Cc1c(-c4ccccc4)cc(-c4ccccc4)cc1-c1ccccc1)c1cc(Cn4c5ccc(C(C)(C)C)cc5c5cc(C(C)(C)C)ccc54)ccc1B3c1ccc(Cn3c4ccc(C(C)(C)C)cc4c4cc(C(C)(C)C)ccc43)cc1N2Cc1c(-c2ccccc2)cc(-c2ccccc2)cc1-c1ccccc1. The number of fused-ring (bicyclic) bond motifs is 10. The third kappa shape index (κ3) is 14.9. The van der Waals surface area contributed by atoms with Gasteiger partial charge in [-0.2, -0.15) is 0 Å². The van der Waals surface area contributed by atoms with E-state index in [0.717, 1.165) is 19.3 Å². The Bertz CT molecular complexity index is 6100. The minimum atomic E-state index is -0.148. The molecule has 0 aliphatic carbocycles. The number of benzene rings is 15. The van der Waals surface area contributed by atoms with Gasteiger partial charge >= 0.3 is 0 Å². The molecule has 19 rings (SSSR count). The van der Waals surface area contributed by atoms with E-state index in [1.165, 1.54) is 212 Å². The smallest absolute Gasteiger partial charge is 0.252 e. The van der Waals surface area contributed by atoms with Crippen molar-refractivity contribution in [2.45, 2.75) is 170 Å². The average molecular weight is 1570 g/mol. The van der Waals surface area contributed by atoms with Crippen molar-refractivity contribution in [3.8, 4) is 66.8 Å². The first-order valence-corrected chi connectivity index (χ1v) is 44.3. The molecule has 0 fully saturated rings. The van der Waals surface area contributed by atoms with Crippen molar-refractivity contribution in [3.05, 3.63) is 378 Å². The normalized spacial score (nSPS) is 12.9. The molecular formula is C116H111BN4. The van der Waals surface area contributed by atoms with Crippen molar-refractivity contribution in [2.24, 2.45) is 0 Å². The minimum absolute atomic E-state index is 0.0269. The molecule has 0 unspecified atom stereocenters. The summed E-state index contributed by atoms with van der Waals surface area (Å²) in [4.78, 5) is 5.62. The molecule has 2 aromatic heterocycles. The van der Waals surface area contributed by atoms with E-state index in [2.05, 4.69) is 437 Å². The van der Waals surface area contributed by atoms with Crippen molar-refractivity contribution < 1.29 is 0 Å². The Morgan fingerprint density at radius 3 is 0.826 bits per heavy atom. The molecule has 0 atom stereocenters. The van der Waals surface area contributed by atoms with Gasteiger partial charge in [-0.05, 0) is 265 Å². The summed E-state index contributed by atoms with van der Waals surface area (Å²) in [6.07, 6.45) is 5.56. The first-order valence-electron chi connectivity index (χ1n) is 44.3. The van der Waals surface area contributed by atoms with Crippen LogP contribution in [0, 0.1) is 0 Å². The summed E-state index contributed by atoms with van der Waals surface area (Å²) in [6.45, 7) is 32.9. The molecule has 2 aliphatic rings. The summed E-state index contributed by atoms with van der Waals surface area (Å²) in [5.74, 6) is 0. The van der Waals surface area contributed by atoms with Crippen molar-refractivity contribution in [3.63, 3.8) is 0 Å². The van der Waals surface area contributed by atoms with Crippen LogP contribution in [-0.2, 0) is 54.3 Å². The van der Waals surface area contributed by atoms with Crippen molar-refractivity contribution in [1.29, 1.82) is 0 Å². The lowest BCUT2D eigenvalue weighted by Gasteiger charge is -2.45. The molecule has 0 saturated carbocycles. The highest BCUT2D eigenvalue weighted by atomic mass is 15.2. The van der Waals surface area contributed by atoms with E-state index in [9.17, 15) is 0 Å². The molecule has 4 nitrogen and oxygen atoms in total. The maximum atomic E-state index is 2.81. The van der Waals surface area contributed by atoms with Crippen LogP contribution in [0.4, 0.5) is 22.7 Å². The number of unbranched alkanes of at least 4 members (excludes halogenated alkanes) is 3. The number of rotatable bonds is 19. The summed E-state index contributed by atoms with van der Waals surface area (Å²) in [7, 11) is 0. The Morgan fingerprint density at radius 1 is 0.248 bits per heavy atom. The van der Waals surface area contributed by atoms with Crippen LogP contribution >= 0.6 is 0 Å². The number of nitrogens with zero attached hydrogens (tertiary/aromatic N) is 4. The second-order valence-electron chi connectivity index (χ2n) is 38.6. The van der Waals surface area contributed by atoms with Crippen LogP contribution in [0.3, 0.4) is 0 Å². The van der Waals surface area contributed by atoms with Crippen molar-refractivity contribution >= 4 is 89.5 Å². The predicted molar refractivity (Wildman–Crippen MR) is 521 cm³/mol. The van der Waals surface area contributed by atoms with Crippen LogP contribution < -0.4 is 26.2 Å². The summed E-state index contributed by atoms with van der Waals surface area (Å²) in [5, 5.41) is 5.24. The van der Waals surface area contributed by atoms with Crippen LogP contribution in [0.2, 0.25) is 0 Å². The lowest BCUT2D eigenvalue weighted by molar-refractivity contribution is 0.590. The highest BCUT2D eigenvalue weighted by molar-refractivity contribution is 7.00. The lowest BCUT2D eigenvalue weighted by Crippen LogP contribution is -2.62. The maximum Gasteiger partial charge on any atom is 0.252 e. The third-order valence-corrected chi connectivity index (χ3v) is 26.3. The minimum Gasteiger partial charge on any atom is -0.338 e. The van der Waals surface area contributed by atoms with E-state index in [1.807, 2.05) is 0 Å². The number of hydrogen-bond donors (Lipinski definition) is 0. The van der Waals surface area contributed by atoms with Crippen LogP contribution in [0.5, 0.6) is 0 Å². The maximum absolute atomic E-state index is 2.81. The Morgan fingerprint density at radius 2 is 0.537 bits per heavy atom. The molecule has 0 saturated heterocycles. The molecule has 15 aromatic carbocycles. The summed E-state index contributed by atoms with van der Waals surface area (Å²) in [5.41, 5.74) is 40.2. The Kier molecular flexibility index (Phi) is 20.3. The predicted octanol–water partition coefficient (Wildman–Crippen LogP) is 29.1. The summed E-state index contributed by atoms with van der Waals surface area (Å²) < 4.78 is 5.25. The van der Waals surface area contributed by atoms with Crippen molar-refractivity contribution in [2.75, 3.05) is 9.80 Å². The molecule has 0 bridgehead atoms. The first kappa shape index (κ1) is 78.4. The Labute approximate surface area is 718 Å². The van der Waals surface area contributed by atoms with Gasteiger partial charge in [0.25, 0.3) is 6.71 Å². The van der Waals surface area contributed by atoms with Gasteiger partial charge in [0, 0.05) is 92.5 Å². The fourth-order valence-electron chi connectivity index (χ4n) is 19.6. The summed E-state index contributed by atoms with van der Waals surface area (Å²) in [6, 6.07) is 127. The molecule has 2 aliphatic heterocycles. The van der Waals surface area contributed by atoms with Gasteiger partial charge in [-0.3, -0.25) is 0 Å². The van der Waals surface area contributed by atoms with Gasteiger partial charge in [0.1, 0.15) is 0 Å². The van der Waals surface area contributed by atoms with Gasteiger partial charge in [-0.25, -0.2) is 0 Å². The van der Waals surface area contributed by atoms with Crippen LogP contribution in [0.15, 0.2) is 328 Å². The number of hydrogen-bond acceptors (Lipinski definition) is 2. The molecule has 4 heterocycles. The Hall–Kier alpha value is -12.4. The van der Waals surface area contributed by atoms with Gasteiger partial charge < -0.3 is 18.9 Å². The van der Waals surface area contributed by atoms with E-state index in [1.54, 1.807) is 0 Å². The van der Waals surface area contributed by atoms with Gasteiger partial charge in [0.05, 0.1) is 0 Å². The third-order valence-electron chi connectivity index (χ3n) is 26.3. The van der Waals surface area contributed by atoms with Gasteiger partial charge in [0.15, 0.2) is 0 Å². The van der Waals surface area contributed by atoms with E-state index >= 15 is 0 Å². The molecule has 17 aromatic rings. The monoisotopic (exact) mass is 1570 g/mol. The molecule has 121 heavy (non-hydrogen) atoms. The number of aryl methyl sites for hydroxylation is 1. The zero-order chi connectivity index (χ0) is 83.2. The van der Waals surface area contributed by atoms with E-state index in [0.29, 0.717) is 26.2 Å². The van der Waals surface area contributed by atoms with Crippen LogP contribution in [0.25, 0.3) is 110 Å². The highest BCUT2D eigenvalue weighted by Crippen LogP contribution is 2.49. The quantitative estimate of drug-likeness (QED) is 0.0593. The standard InChI is InChI=1S/C116H111BN4/c1-14-15-16-23-36-77-61-110-112-111(62-77)121(76-101-94(84-45-32-21-33-46-84)67-87(81-39-26-18-27-40-81)68-95(101)85-47-34-22-35-48-85)109-64-79(74-119-106-59-53-90(115(8,9)10)71-98(106)99-72-91(116(11,12)13)54-60-107(99)119)50-56-103(109)117(112)102-55-49-78(73-118-104-57-51-88(113(2,3)4)69-96(104)97-70-89(114(5,6)7)52-58-105(97)118)63-108(102)120(110)75-100-92(82-41-28-19-29-42-82)65-86(80-37-24-17-25-38-80)66-93(100)83-43-30-20-31-44-83/h17-22,24-35,37-72H,14-16,23,36,73-76H2,1-13H3. The number of anilines is 4. The van der Waals surface area contributed by atoms with Gasteiger partial charge in [0.2, 0.25) is 0 Å². The molecule has 0 radical (unpaired) electrons. The fourth-order valence-corrected chi connectivity index (χ4v) is 19.6. The fraction of sp³-hybridized carbons (Fsp3) is 0.224. The second-order valence-corrected chi connectivity index (χ2v) is 38.6. The average Bonchev–Trinajstić information content (AvgIpc) is 1.57. The molecule has 5 heteroatoms. The topological polar surface area (TPSA) is 16.3 Å². The van der Waals surface area contributed by atoms with Gasteiger partial charge in [-0.15, -0.1) is 0 Å². The summed E-state index contributed by atoms with van der Waals surface area (Å²) >= 11 is 0. The van der Waals surface area contributed by atoms with Crippen LogP contribution in [-0.4, -0.2) is 15.8 Å². The molecule has 0 amide bonds. The molecular weight excluding hydrogens is 1460 g/mol. The van der Waals surface area contributed by atoms with Crippen molar-refractivity contribution in [1.82, 2.24) is 9.13 Å². The van der Waals surface area contributed by atoms with Crippen LogP contribution in [0.1, 0.15) is 166 Å². The highest BCUT2D eigenvalue weighted by Gasteiger charge is 2.44. The van der Waals surface area contributed by atoms with E-state index < -0.39 is 0 Å². The molecule has 0 N–H and O–H groups in total. The zero-order valence-corrected chi connectivity index (χ0v) is 72.9. The largest absolute Gasteiger partial charge is 0.338 e. The van der Waals surface area contributed by atoms with E-state index in [4.69, 9.17) is 0 Å². The number of aromatic nitrogens is 2. The zero-order valence-electron chi connectivity index (χ0n) is 72.9. The molecule has 598 valence electrons. The second kappa shape index (κ2) is 31.3. The van der Waals surface area contributed by atoms with Gasteiger partial charge in [-0.1, -0.05) is 340 Å². The molecule has 0 spiro atoms. The Balaban J connectivity index is 0.897. The first-order chi connectivity index (χ1) is 58.5.